The van der Waals surface area contributed by atoms with Crippen molar-refractivity contribution >= 4 is 5.97 Å². The maximum atomic E-state index is 11.4. The van der Waals surface area contributed by atoms with Gasteiger partial charge in [0.05, 0.1) is 5.41 Å². The number of aliphatic carboxylic acids is 1. The Labute approximate surface area is 106 Å². The lowest BCUT2D eigenvalue weighted by molar-refractivity contribution is -0.150. The van der Waals surface area contributed by atoms with Crippen molar-refractivity contribution in [3.63, 3.8) is 0 Å². The summed E-state index contributed by atoms with van der Waals surface area (Å²) in [5, 5.41) is 9.37. The molecule has 3 nitrogen and oxygen atoms in total. The zero-order valence-electron chi connectivity index (χ0n) is 12.5. The fourth-order valence-electron chi connectivity index (χ4n) is 2.15. The maximum absolute atomic E-state index is 11.4. The van der Waals surface area contributed by atoms with Gasteiger partial charge in [-0.25, -0.2) is 0 Å². The highest BCUT2D eigenvalue weighted by atomic mass is 16.4. The smallest absolute Gasteiger partial charge is 0.310 e. The SMILES string of the molecule is CCCC(C)(CN(C)C(C)C(C)(C)C)C(=O)O. The first-order chi connectivity index (χ1) is 7.54. The predicted octanol–water partition coefficient (Wildman–Crippen LogP) is 3.24. The third-order valence-corrected chi connectivity index (χ3v) is 3.83. The summed E-state index contributed by atoms with van der Waals surface area (Å²) in [6, 6.07) is 0.359. The van der Waals surface area contributed by atoms with Crippen LogP contribution < -0.4 is 0 Å². The van der Waals surface area contributed by atoms with Crippen molar-refractivity contribution in [3.05, 3.63) is 0 Å². The van der Waals surface area contributed by atoms with Crippen molar-refractivity contribution in [1.29, 1.82) is 0 Å². The van der Waals surface area contributed by atoms with Gasteiger partial charge in [0, 0.05) is 12.6 Å². The van der Waals surface area contributed by atoms with E-state index in [1.165, 1.54) is 0 Å². The van der Waals surface area contributed by atoms with E-state index >= 15 is 0 Å². The topological polar surface area (TPSA) is 40.5 Å². The zero-order valence-corrected chi connectivity index (χ0v) is 12.5. The van der Waals surface area contributed by atoms with Gasteiger partial charge in [0.2, 0.25) is 0 Å². The van der Waals surface area contributed by atoms with E-state index in [0.717, 1.165) is 12.8 Å². The van der Waals surface area contributed by atoms with Gasteiger partial charge < -0.3 is 10.0 Å². The second-order valence-corrected chi connectivity index (χ2v) is 6.57. The summed E-state index contributed by atoms with van der Waals surface area (Å²) in [5.74, 6) is -0.688. The molecule has 0 saturated heterocycles. The number of carboxylic acids is 1. The first-order valence-electron chi connectivity index (χ1n) is 6.48. The molecule has 0 spiro atoms. The second kappa shape index (κ2) is 5.85. The van der Waals surface area contributed by atoms with Crippen molar-refractivity contribution in [3.8, 4) is 0 Å². The molecule has 0 bridgehead atoms. The Kier molecular flexibility index (Phi) is 5.66. The fourth-order valence-corrected chi connectivity index (χ4v) is 2.15. The monoisotopic (exact) mass is 243 g/mol. The molecule has 0 radical (unpaired) electrons. The van der Waals surface area contributed by atoms with Crippen LogP contribution in [0.15, 0.2) is 0 Å². The standard InChI is InChI=1S/C14H29NO2/c1-8-9-14(6,12(16)17)10-15(7)11(2)13(3,4)5/h11H,8-10H2,1-7H3,(H,16,17). The van der Waals surface area contributed by atoms with Gasteiger partial charge in [-0.15, -0.1) is 0 Å². The van der Waals surface area contributed by atoms with Gasteiger partial charge in [-0.2, -0.15) is 0 Å². The number of carboxylic acid groups (broad SMARTS) is 1. The van der Waals surface area contributed by atoms with Gasteiger partial charge in [0.1, 0.15) is 0 Å². The minimum absolute atomic E-state index is 0.167. The largest absolute Gasteiger partial charge is 0.481 e. The number of nitrogens with zero attached hydrogens (tertiary/aromatic N) is 1. The van der Waals surface area contributed by atoms with Crippen molar-refractivity contribution < 1.29 is 9.90 Å². The van der Waals surface area contributed by atoms with Crippen molar-refractivity contribution in [1.82, 2.24) is 4.90 Å². The van der Waals surface area contributed by atoms with Gasteiger partial charge in [-0.3, -0.25) is 4.79 Å². The van der Waals surface area contributed by atoms with E-state index in [2.05, 4.69) is 32.6 Å². The van der Waals surface area contributed by atoms with E-state index in [-0.39, 0.29) is 5.41 Å². The molecular formula is C14H29NO2. The van der Waals surface area contributed by atoms with Gasteiger partial charge in [0.25, 0.3) is 0 Å². The highest BCUT2D eigenvalue weighted by Gasteiger charge is 2.36. The average molecular weight is 243 g/mol. The predicted molar refractivity (Wildman–Crippen MR) is 72.2 cm³/mol. The van der Waals surface area contributed by atoms with E-state index in [0.29, 0.717) is 12.6 Å². The van der Waals surface area contributed by atoms with Gasteiger partial charge in [0.15, 0.2) is 0 Å². The zero-order chi connectivity index (χ0) is 13.9. The highest BCUT2D eigenvalue weighted by molar-refractivity contribution is 5.74. The summed E-state index contributed by atoms with van der Waals surface area (Å²) in [7, 11) is 2.02. The summed E-state index contributed by atoms with van der Waals surface area (Å²) < 4.78 is 0. The summed E-state index contributed by atoms with van der Waals surface area (Å²) in [6.45, 7) is 13.2. The minimum atomic E-state index is -0.688. The van der Waals surface area contributed by atoms with Crippen LogP contribution in [-0.4, -0.2) is 35.6 Å². The van der Waals surface area contributed by atoms with Gasteiger partial charge >= 0.3 is 5.97 Å². The molecule has 102 valence electrons. The molecule has 0 amide bonds. The lowest BCUT2D eigenvalue weighted by Gasteiger charge is -2.39. The molecule has 0 aromatic carbocycles. The first kappa shape index (κ1) is 16.4. The summed E-state index contributed by atoms with van der Waals surface area (Å²) in [6.07, 6.45) is 1.63. The van der Waals surface area contributed by atoms with Crippen LogP contribution in [0.3, 0.4) is 0 Å². The molecule has 0 fully saturated rings. The summed E-state index contributed by atoms with van der Waals surface area (Å²) >= 11 is 0. The molecule has 0 heterocycles. The van der Waals surface area contributed by atoms with E-state index in [9.17, 15) is 9.90 Å². The third-order valence-electron chi connectivity index (χ3n) is 3.83. The van der Waals surface area contributed by atoms with Crippen molar-refractivity contribution in [2.75, 3.05) is 13.6 Å². The molecule has 0 aliphatic rings. The molecule has 0 aromatic heterocycles. The first-order valence-corrected chi connectivity index (χ1v) is 6.48. The lowest BCUT2D eigenvalue weighted by Crippen LogP contribution is -2.47. The quantitative estimate of drug-likeness (QED) is 0.778. The Bertz CT molecular complexity index is 257. The maximum Gasteiger partial charge on any atom is 0.310 e. The van der Waals surface area contributed by atoms with Crippen molar-refractivity contribution in [2.24, 2.45) is 10.8 Å². The van der Waals surface area contributed by atoms with Crippen LogP contribution >= 0.6 is 0 Å². The van der Waals surface area contributed by atoms with Crippen LogP contribution in [0.4, 0.5) is 0 Å². The van der Waals surface area contributed by atoms with Gasteiger partial charge in [-0.1, -0.05) is 34.1 Å². The lowest BCUT2D eigenvalue weighted by atomic mass is 9.82. The number of carbonyl (C=O) groups is 1. The Morgan fingerprint density at radius 1 is 1.29 bits per heavy atom. The number of hydrogen-bond donors (Lipinski definition) is 1. The molecule has 17 heavy (non-hydrogen) atoms. The average Bonchev–Trinajstić information content (AvgIpc) is 2.15. The second-order valence-electron chi connectivity index (χ2n) is 6.57. The summed E-state index contributed by atoms with van der Waals surface area (Å²) in [5.41, 5.74) is -0.469. The van der Waals surface area contributed by atoms with E-state index in [4.69, 9.17) is 0 Å². The molecule has 2 unspecified atom stereocenters. The van der Waals surface area contributed by atoms with Crippen LogP contribution in [0.1, 0.15) is 54.4 Å². The van der Waals surface area contributed by atoms with Crippen LogP contribution in [0.25, 0.3) is 0 Å². The number of rotatable bonds is 6. The molecule has 0 aliphatic carbocycles. The Balaban J connectivity index is 4.73. The minimum Gasteiger partial charge on any atom is -0.481 e. The fraction of sp³-hybridized carbons (Fsp3) is 0.929. The molecule has 0 rings (SSSR count). The van der Waals surface area contributed by atoms with Crippen molar-refractivity contribution in [2.45, 2.75) is 60.4 Å². The Hall–Kier alpha value is -0.570. The Morgan fingerprint density at radius 2 is 1.76 bits per heavy atom. The molecule has 3 heteroatoms. The third kappa shape index (κ3) is 4.66. The molecule has 0 saturated carbocycles. The van der Waals surface area contributed by atoms with E-state index in [1.807, 2.05) is 20.9 Å². The van der Waals surface area contributed by atoms with Crippen LogP contribution in [0.2, 0.25) is 0 Å². The molecule has 2 atom stereocenters. The van der Waals surface area contributed by atoms with Crippen LogP contribution in [-0.2, 0) is 4.79 Å². The molecular weight excluding hydrogens is 214 g/mol. The van der Waals surface area contributed by atoms with Crippen LogP contribution in [0.5, 0.6) is 0 Å². The number of hydrogen-bond acceptors (Lipinski definition) is 2. The highest BCUT2D eigenvalue weighted by Crippen LogP contribution is 2.29. The molecule has 1 N–H and O–H groups in total. The normalized spacial score (nSPS) is 17.9. The van der Waals surface area contributed by atoms with E-state index < -0.39 is 11.4 Å². The molecule has 0 aliphatic heterocycles. The summed E-state index contributed by atoms with van der Waals surface area (Å²) in [4.78, 5) is 13.6. The molecule has 0 aromatic rings. The van der Waals surface area contributed by atoms with E-state index in [1.54, 1.807) is 0 Å². The Morgan fingerprint density at radius 3 is 2.06 bits per heavy atom. The van der Waals surface area contributed by atoms with Gasteiger partial charge in [-0.05, 0) is 32.7 Å². The van der Waals surface area contributed by atoms with Crippen LogP contribution in [0, 0.1) is 10.8 Å².